The standard InChI is InChI=1S/C22H20F2N2O4S/c23-16-6-2-7-18(29-14-4-1-5-14)21(16)31(28)25-22(27)20-12-15-17(24)10-13(11-19(15)30-20)26-8-3-9-26/h2,6-7,10-12,14H,1,3-5,8-9H2,(H,25,27). The van der Waals surface area contributed by atoms with E-state index in [-0.39, 0.29) is 33.5 Å². The van der Waals surface area contributed by atoms with E-state index in [1.54, 1.807) is 6.07 Å². The lowest BCUT2D eigenvalue weighted by Crippen LogP contribution is -2.36. The number of nitrogens with zero attached hydrogens (tertiary/aromatic N) is 1. The number of fused-ring (bicyclic) bond motifs is 1. The average molecular weight is 446 g/mol. The summed E-state index contributed by atoms with van der Waals surface area (Å²) in [6.07, 6.45) is 3.71. The molecule has 162 valence electrons. The minimum Gasteiger partial charge on any atom is -0.588 e. The minimum absolute atomic E-state index is 0.0489. The van der Waals surface area contributed by atoms with Gasteiger partial charge in [0.05, 0.1) is 11.5 Å². The van der Waals surface area contributed by atoms with Crippen LogP contribution in [-0.4, -0.2) is 29.7 Å². The van der Waals surface area contributed by atoms with E-state index in [1.165, 1.54) is 24.3 Å². The van der Waals surface area contributed by atoms with Gasteiger partial charge in [0.25, 0.3) is 4.90 Å². The molecule has 0 spiro atoms. The van der Waals surface area contributed by atoms with Gasteiger partial charge in [-0.3, -0.25) is 4.79 Å². The third-order valence-corrected chi connectivity index (χ3v) is 6.80. The predicted molar refractivity (Wildman–Crippen MR) is 112 cm³/mol. The van der Waals surface area contributed by atoms with Crippen molar-refractivity contribution in [3.8, 4) is 5.75 Å². The molecule has 2 aromatic carbocycles. The largest absolute Gasteiger partial charge is 0.588 e. The van der Waals surface area contributed by atoms with Gasteiger partial charge in [-0.25, -0.2) is 8.78 Å². The van der Waals surface area contributed by atoms with Crippen LogP contribution in [0.2, 0.25) is 0 Å². The molecule has 1 saturated heterocycles. The first-order chi connectivity index (χ1) is 15.0. The highest BCUT2D eigenvalue weighted by atomic mass is 32.2. The maximum absolute atomic E-state index is 14.5. The molecular weight excluding hydrogens is 426 g/mol. The summed E-state index contributed by atoms with van der Waals surface area (Å²) < 4.78 is 55.1. The van der Waals surface area contributed by atoms with Gasteiger partial charge < -0.3 is 18.6 Å². The lowest BCUT2D eigenvalue weighted by molar-refractivity contribution is 0.0956. The average Bonchev–Trinajstić information content (AvgIpc) is 3.08. The van der Waals surface area contributed by atoms with E-state index in [2.05, 4.69) is 4.72 Å². The van der Waals surface area contributed by atoms with Gasteiger partial charge in [0.15, 0.2) is 17.3 Å². The molecule has 2 fully saturated rings. The number of ether oxygens (including phenoxy) is 1. The Balaban J connectivity index is 1.37. The highest BCUT2D eigenvalue weighted by molar-refractivity contribution is 7.90. The van der Waals surface area contributed by atoms with Crippen molar-refractivity contribution < 1.29 is 27.3 Å². The first-order valence-corrected chi connectivity index (χ1v) is 11.3. The first-order valence-electron chi connectivity index (χ1n) is 10.2. The van der Waals surface area contributed by atoms with E-state index in [0.29, 0.717) is 5.69 Å². The number of amides is 1. The number of hydrogen-bond donors (Lipinski definition) is 1. The van der Waals surface area contributed by atoms with Gasteiger partial charge >= 0.3 is 5.91 Å². The third-order valence-electron chi connectivity index (χ3n) is 5.66. The second-order valence-corrected chi connectivity index (χ2v) is 8.88. The monoisotopic (exact) mass is 446 g/mol. The molecule has 1 atom stereocenters. The number of furan rings is 1. The van der Waals surface area contributed by atoms with Gasteiger partial charge in [0, 0.05) is 30.9 Å². The Morgan fingerprint density at radius 3 is 2.65 bits per heavy atom. The van der Waals surface area contributed by atoms with Crippen molar-refractivity contribution in [2.75, 3.05) is 18.0 Å². The van der Waals surface area contributed by atoms with Crippen LogP contribution in [0.1, 0.15) is 36.2 Å². The van der Waals surface area contributed by atoms with E-state index in [1.807, 2.05) is 4.90 Å². The molecule has 1 saturated carbocycles. The molecule has 0 bridgehead atoms. The molecule has 1 unspecified atom stereocenters. The van der Waals surface area contributed by atoms with Crippen LogP contribution in [0.5, 0.6) is 5.75 Å². The van der Waals surface area contributed by atoms with E-state index in [0.717, 1.165) is 44.8 Å². The van der Waals surface area contributed by atoms with E-state index in [4.69, 9.17) is 9.15 Å². The Morgan fingerprint density at radius 2 is 1.97 bits per heavy atom. The van der Waals surface area contributed by atoms with Gasteiger partial charge in [-0.1, -0.05) is 6.07 Å². The number of nitrogens with one attached hydrogen (secondary N) is 1. The lowest BCUT2D eigenvalue weighted by Gasteiger charge is -2.33. The molecule has 1 aromatic heterocycles. The first kappa shape index (κ1) is 20.1. The summed E-state index contributed by atoms with van der Waals surface area (Å²) in [5, 5.41) is 0.153. The molecule has 1 amide bonds. The van der Waals surface area contributed by atoms with Crippen molar-refractivity contribution in [1.29, 1.82) is 0 Å². The number of carbonyl (C=O) groups is 1. The molecule has 2 heterocycles. The quantitative estimate of drug-likeness (QED) is 0.571. The number of halogens is 2. The van der Waals surface area contributed by atoms with Crippen LogP contribution in [0.4, 0.5) is 14.5 Å². The van der Waals surface area contributed by atoms with Crippen LogP contribution in [0.15, 0.2) is 45.7 Å². The molecule has 5 rings (SSSR count). The van der Waals surface area contributed by atoms with Crippen LogP contribution >= 0.6 is 0 Å². The summed E-state index contributed by atoms with van der Waals surface area (Å²) in [4.78, 5) is 14.4. The second kappa shape index (κ2) is 8.05. The normalized spacial score (nSPS) is 17.2. The molecular formula is C22H20F2N2O4S. The molecule has 6 nitrogen and oxygen atoms in total. The van der Waals surface area contributed by atoms with Crippen LogP contribution < -0.4 is 14.4 Å². The fourth-order valence-corrected chi connectivity index (χ4v) is 4.48. The lowest BCUT2D eigenvalue weighted by atomic mass is 9.96. The summed E-state index contributed by atoms with van der Waals surface area (Å²) >= 11 is -2.22. The van der Waals surface area contributed by atoms with Crippen LogP contribution in [-0.2, 0) is 11.4 Å². The Bertz CT molecular complexity index is 1140. The van der Waals surface area contributed by atoms with Crippen LogP contribution in [0, 0.1) is 11.6 Å². The fraction of sp³-hybridized carbons (Fsp3) is 0.318. The minimum atomic E-state index is -2.22. The SMILES string of the molecule is O=C(N[S+]([O-])c1c(F)cccc1OC1CCC1)c1cc2c(F)cc(N3CCC3)cc2o1. The highest BCUT2D eigenvalue weighted by Crippen LogP contribution is 2.33. The molecule has 3 aromatic rings. The summed E-state index contributed by atoms with van der Waals surface area (Å²) in [5.41, 5.74) is 0.906. The summed E-state index contributed by atoms with van der Waals surface area (Å²) in [7, 11) is 0. The van der Waals surface area contributed by atoms with E-state index >= 15 is 0 Å². The van der Waals surface area contributed by atoms with E-state index in [9.17, 15) is 18.1 Å². The second-order valence-electron chi connectivity index (χ2n) is 7.73. The number of anilines is 1. The zero-order valence-electron chi connectivity index (χ0n) is 16.5. The van der Waals surface area contributed by atoms with Crippen molar-refractivity contribution in [3.05, 3.63) is 53.8 Å². The molecule has 9 heteroatoms. The topological polar surface area (TPSA) is 77.8 Å². The Kier molecular flexibility index (Phi) is 5.23. The third kappa shape index (κ3) is 3.83. The smallest absolute Gasteiger partial charge is 0.328 e. The van der Waals surface area contributed by atoms with Gasteiger partial charge in [-0.2, -0.15) is 4.72 Å². The summed E-state index contributed by atoms with van der Waals surface area (Å²) in [6.45, 7) is 1.68. The van der Waals surface area contributed by atoms with Gasteiger partial charge in [0.1, 0.15) is 22.8 Å². The number of carbonyl (C=O) groups excluding carboxylic acids is 1. The van der Waals surface area contributed by atoms with Crippen molar-refractivity contribution >= 4 is 33.9 Å². The van der Waals surface area contributed by atoms with Crippen LogP contribution in [0.25, 0.3) is 11.0 Å². The van der Waals surface area contributed by atoms with Gasteiger partial charge in [0.2, 0.25) is 0 Å². The maximum Gasteiger partial charge on any atom is 0.328 e. The summed E-state index contributed by atoms with van der Waals surface area (Å²) in [5.74, 6) is -2.16. The van der Waals surface area contributed by atoms with E-state index < -0.39 is 28.9 Å². The zero-order chi connectivity index (χ0) is 21.5. The van der Waals surface area contributed by atoms with Crippen LogP contribution in [0.3, 0.4) is 0 Å². The van der Waals surface area contributed by atoms with Crippen molar-refractivity contribution in [3.63, 3.8) is 0 Å². The highest BCUT2D eigenvalue weighted by Gasteiger charge is 2.30. The maximum atomic E-state index is 14.5. The zero-order valence-corrected chi connectivity index (χ0v) is 17.3. The van der Waals surface area contributed by atoms with Crippen molar-refractivity contribution in [2.45, 2.75) is 36.7 Å². The van der Waals surface area contributed by atoms with Gasteiger partial charge in [-0.15, -0.1) is 0 Å². The molecule has 0 radical (unpaired) electrons. The Morgan fingerprint density at radius 1 is 1.16 bits per heavy atom. The molecule has 1 N–H and O–H groups in total. The molecule has 31 heavy (non-hydrogen) atoms. The molecule has 1 aliphatic carbocycles. The Labute approximate surface area is 180 Å². The predicted octanol–water partition coefficient (Wildman–Crippen LogP) is 4.31. The number of hydrogen-bond acceptors (Lipinski definition) is 5. The number of benzene rings is 2. The molecule has 2 aliphatic rings. The molecule has 1 aliphatic heterocycles. The number of rotatable bonds is 6. The van der Waals surface area contributed by atoms with Crippen molar-refractivity contribution in [1.82, 2.24) is 4.72 Å². The Hall–Kier alpha value is -2.78. The van der Waals surface area contributed by atoms with Gasteiger partial charge in [-0.05, 0) is 43.9 Å². The summed E-state index contributed by atoms with van der Waals surface area (Å²) in [6, 6.07) is 8.47. The van der Waals surface area contributed by atoms with Crippen molar-refractivity contribution in [2.24, 2.45) is 0 Å². The fourth-order valence-electron chi connectivity index (χ4n) is 3.57.